The quantitative estimate of drug-likeness (QED) is 0.665. The first-order chi connectivity index (χ1) is 12.8. The summed E-state index contributed by atoms with van der Waals surface area (Å²) in [5.74, 6) is 2.73. The molecule has 0 N–H and O–H groups in total. The van der Waals surface area contributed by atoms with Crippen LogP contribution >= 0.6 is 0 Å². The molecule has 0 radical (unpaired) electrons. The molecule has 1 aliphatic rings. The van der Waals surface area contributed by atoms with Crippen molar-refractivity contribution < 1.29 is 0 Å². The first-order valence-corrected chi connectivity index (χ1v) is 9.30. The summed E-state index contributed by atoms with van der Waals surface area (Å²) < 4.78 is 0. The van der Waals surface area contributed by atoms with Crippen LogP contribution in [0.4, 0.5) is 23.0 Å². The standard InChI is InChI=1S/C22H24N4/c1-3-25(19-12-5-4-6-13-19)21-16-22(24-17(2)23-21)26-15-9-11-18-10-7-8-14-20(18)26/h4-8,10,12-14,16H,3,9,11,15H2,1-2H3. The topological polar surface area (TPSA) is 32.3 Å². The lowest BCUT2D eigenvalue weighted by Gasteiger charge is -2.31. The summed E-state index contributed by atoms with van der Waals surface area (Å²) in [5.41, 5.74) is 3.82. The van der Waals surface area contributed by atoms with Gasteiger partial charge in [0.1, 0.15) is 17.5 Å². The highest BCUT2D eigenvalue weighted by Gasteiger charge is 2.21. The van der Waals surface area contributed by atoms with E-state index in [0.717, 1.165) is 49.1 Å². The number of benzene rings is 2. The number of nitrogens with zero attached hydrogens (tertiary/aromatic N) is 4. The van der Waals surface area contributed by atoms with Crippen molar-refractivity contribution in [1.29, 1.82) is 0 Å². The molecular weight excluding hydrogens is 320 g/mol. The molecule has 0 spiro atoms. The first kappa shape index (κ1) is 16.6. The van der Waals surface area contributed by atoms with E-state index in [2.05, 4.69) is 71.3 Å². The van der Waals surface area contributed by atoms with Gasteiger partial charge in [0.15, 0.2) is 0 Å². The van der Waals surface area contributed by atoms with Crippen molar-refractivity contribution in [3.63, 3.8) is 0 Å². The third-order valence-corrected chi connectivity index (χ3v) is 4.86. The second-order valence-electron chi connectivity index (χ2n) is 6.60. The Morgan fingerprint density at radius 2 is 1.77 bits per heavy atom. The number of para-hydroxylation sites is 2. The van der Waals surface area contributed by atoms with E-state index in [1.807, 2.05) is 13.0 Å². The Morgan fingerprint density at radius 3 is 2.58 bits per heavy atom. The summed E-state index contributed by atoms with van der Waals surface area (Å²) in [7, 11) is 0. The summed E-state index contributed by atoms with van der Waals surface area (Å²) in [4.78, 5) is 14.0. The monoisotopic (exact) mass is 344 g/mol. The Kier molecular flexibility index (Phi) is 4.57. The fourth-order valence-electron chi connectivity index (χ4n) is 3.67. The molecule has 0 unspecified atom stereocenters. The van der Waals surface area contributed by atoms with Gasteiger partial charge >= 0.3 is 0 Å². The van der Waals surface area contributed by atoms with Gasteiger partial charge in [-0.3, -0.25) is 0 Å². The van der Waals surface area contributed by atoms with Crippen LogP contribution in [0.1, 0.15) is 24.7 Å². The molecule has 1 aliphatic heterocycles. The lowest BCUT2D eigenvalue weighted by molar-refractivity contribution is 0.756. The molecule has 0 atom stereocenters. The zero-order valence-corrected chi connectivity index (χ0v) is 15.4. The Morgan fingerprint density at radius 1 is 1.00 bits per heavy atom. The summed E-state index contributed by atoms with van der Waals surface area (Å²) in [5, 5.41) is 0. The number of aryl methyl sites for hydroxylation is 2. The molecule has 4 nitrogen and oxygen atoms in total. The van der Waals surface area contributed by atoms with Crippen LogP contribution in [0.3, 0.4) is 0 Å². The van der Waals surface area contributed by atoms with E-state index in [1.54, 1.807) is 0 Å². The molecule has 4 heteroatoms. The van der Waals surface area contributed by atoms with Crippen LogP contribution in [0.15, 0.2) is 60.7 Å². The fourth-order valence-corrected chi connectivity index (χ4v) is 3.67. The number of rotatable bonds is 4. The summed E-state index contributed by atoms with van der Waals surface area (Å²) in [6.07, 6.45) is 2.28. The predicted molar refractivity (Wildman–Crippen MR) is 108 cm³/mol. The Bertz CT molecular complexity index is 892. The normalized spacial score (nSPS) is 13.4. The Labute approximate surface area is 155 Å². The van der Waals surface area contributed by atoms with Crippen LogP contribution in [0.2, 0.25) is 0 Å². The van der Waals surface area contributed by atoms with Crippen LogP contribution in [0.5, 0.6) is 0 Å². The van der Waals surface area contributed by atoms with Gasteiger partial charge in [0.05, 0.1) is 0 Å². The predicted octanol–water partition coefficient (Wildman–Crippen LogP) is 5.03. The summed E-state index contributed by atoms with van der Waals surface area (Å²) >= 11 is 0. The van der Waals surface area contributed by atoms with Crippen LogP contribution < -0.4 is 9.80 Å². The zero-order valence-electron chi connectivity index (χ0n) is 15.4. The maximum Gasteiger partial charge on any atom is 0.138 e. The van der Waals surface area contributed by atoms with Gasteiger partial charge in [-0.15, -0.1) is 0 Å². The summed E-state index contributed by atoms with van der Waals surface area (Å²) in [6.45, 7) is 5.98. The van der Waals surface area contributed by atoms with Gasteiger partial charge in [0.25, 0.3) is 0 Å². The minimum absolute atomic E-state index is 0.801. The van der Waals surface area contributed by atoms with E-state index in [0.29, 0.717) is 0 Å². The number of hydrogen-bond acceptors (Lipinski definition) is 4. The molecule has 26 heavy (non-hydrogen) atoms. The van der Waals surface area contributed by atoms with Gasteiger partial charge in [-0.05, 0) is 50.5 Å². The maximum absolute atomic E-state index is 4.75. The molecule has 0 saturated carbocycles. The molecule has 132 valence electrons. The van der Waals surface area contributed by atoms with Gasteiger partial charge in [0, 0.05) is 30.5 Å². The molecule has 2 aromatic carbocycles. The average Bonchev–Trinajstić information content (AvgIpc) is 2.68. The van der Waals surface area contributed by atoms with Crippen molar-refractivity contribution in [1.82, 2.24) is 9.97 Å². The zero-order chi connectivity index (χ0) is 17.9. The smallest absolute Gasteiger partial charge is 0.138 e. The van der Waals surface area contributed by atoms with Gasteiger partial charge < -0.3 is 9.80 Å². The lowest BCUT2D eigenvalue weighted by Crippen LogP contribution is -2.26. The molecule has 0 fully saturated rings. The number of anilines is 4. The van der Waals surface area contributed by atoms with Gasteiger partial charge in [-0.1, -0.05) is 36.4 Å². The second-order valence-corrected chi connectivity index (χ2v) is 6.60. The molecule has 1 aromatic heterocycles. The highest BCUT2D eigenvalue weighted by Crippen LogP contribution is 2.34. The molecule has 0 aliphatic carbocycles. The molecule has 3 aromatic rings. The Balaban J connectivity index is 1.76. The van der Waals surface area contributed by atoms with E-state index >= 15 is 0 Å². The van der Waals surface area contributed by atoms with Crippen molar-refractivity contribution >= 4 is 23.0 Å². The van der Waals surface area contributed by atoms with Crippen molar-refractivity contribution in [3.8, 4) is 0 Å². The van der Waals surface area contributed by atoms with E-state index in [-0.39, 0.29) is 0 Å². The molecule has 0 bridgehead atoms. The van der Waals surface area contributed by atoms with Gasteiger partial charge in [-0.25, -0.2) is 9.97 Å². The second kappa shape index (κ2) is 7.16. The fraction of sp³-hybridized carbons (Fsp3) is 0.273. The van der Waals surface area contributed by atoms with Gasteiger partial charge in [0.2, 0.25) is 0 Å². The van der Waals surface area contributed by atoms with E-state index < -0.39 is 0 Å². The highest BCUT2D eigenvalue weighted by atomic mass is 15.2. The molecular formula is C22H24N4. The largest absolute Gasteiger partial charge is 0.326 e. The number of aromatic nitrogens is 2. The van der Waals surface area contributed by atoms with Crippen molar-refractivity contribution in [2.24, 2.45) is 0 Å². The van der Waals surface area contributed by atoms with Crippen molar-refractivity contribution in [3.05, 3.63) is 72.1 Å². The van der Waals surface area contributed by atoms with Crippen molar-refractivity contribution in [2.75, 3.05) is 22.9 Å². The van der Waals surface area contributed by atoms with E-state index in [9.17, 15) is 0 Å². The van der Waals surface area contributed by atoms with Crippen LogP contribution in [-0.4, -0.2) is 23.1 Å². The van der Waals surface area contributed by atoms with Gasteiger partial charge in [-0.2, -0.15) is 0 Å². The van der Waals surface area contributed by atoms with E-state index in [1.165, 1.54) is 11.3 Å². The minimum Gasteiger partial charge on any atom is -0.326 e. The molecule has 0 amide bonds. The highest BCUT2D eigenvalue weighted by molar-refractivity contribution is 5.69. The lowest BCUT2D eigenvalue weighted by atomic mass is 10.0. The molecule has 0 saturated heterocycles. The number of hydrogen-bond donors (Lipinski definition) is 0. The minimum atomic E-state index is 0.801. The average molecular weight is 344 g/mol. The summed E-state index contributed by atoms with van der Waals surface area (Å²) in [6, 6.07) is 21.2. The van der Waals surface area contributed by atoms with E-state index in [4.69, 9.17) is 9.97 Å². The van der Waals surface area contributed by atoms with Crippen LogP contribution in [0, 0.1) is 6.92 Å². The SMILES string of the molecule is CCN(c1ccccc1)c1cc(N2CCCc3ccccc32)nc(C)n1. The number of fused-ring (bicyclic) bond motifs is 1. The van der Waals surface area contributed by atoms with Crippen molar-refractivity contribution in [2.45, 2.75) is 26.7 Å². The van der Waals surface area contributed by atoms with Crippen LogP contribution in [-0.2, 0) is 6.42 Å². The molecule has 4 rings (SSSR count). The Hall–Kier alpha value is -2.88. The molecule has 2 heterocycles. The third-order valence-electron chi connectivity index (χ3n) is 4.86. The third kappa shape index (κ3) is 3.15. The van der Waals surface area contributed by atoms with Crippen LogP contribution in [0.25, 0.3) is 0 Å². The maximum atomic E-state index is 4.75. The first-order valence-electron chi connectivity index (χ1n) is 9.30.